The molecular formula is C19H29N3O3. The van der Waals surface area contributed by atoms with Crippen LogP contribution in [-0.2, 0) is 27.1 Å². The molecule has 0 aromatic heterocycles. The lowest BCUT2D eigenvalue weighted by molar-refractivity contribution is -0.210. The van der Waals surface area contributed by atoms with Gasteiger partial charge in [-0.15, -0.1) is 0 Å². The molecule has 1 aromatic rings. The summed E-state index contributed by atoms with van der Waals surface area (Å²) in [5.41, 5.74) is 9.70. The topological polar surface area (TPSA) is 78.1 Å². The molecule has 1 atom stereocenters. The Hall–Kier alpha value is -1.63. The number of benzene rings is 1. The van der Waals surface area contributed by atoms with Gasteiger partial charge in [0.05, 0.1) is 26.4 Å². The maximum absolute atomic E-state index is 6.12. The minimum atomic E-state index is -0.467. The van der Waals surface area contributed by atoms with E-state index in [9.17, 15) is 0 Å². The van der Waals surface area contributed by atoms with E-state index in [0.717, 1.165) is 31.4 Å². The van der Waals surface area contributed by atoms with Crippen LogP contribution >= 0.6 is 0 Å². The minimum Gasteiger partial charge on any atom is -0.381 e. The Morgan fingerprint density at radius 3 is 2.56 bits per heavy atom. The second-order valence-corrected chi connectivity index (χ2v) is 6.58. The Labute approximate surface area is 149 Å². The van der Waals surface area contributed by atoms with Gasteiger partial charge in [0, 0.05) is 18.5 Å². The van der Waals surface area contributed by atoms with Gasteiger partial charge in [-0.1, -0.05) is 32.0 Å². The summed E-state index contributed by atoms with van der Waals surface area (Å²) in [6.07, 6.45) is 3.42. The molecule has 1 aromatic carbocycles. The van der Waals surface area contributed by atoms with Gasteiger partial charge in [0.15, 0.2) is 11.7 Å². The second-order valence-electron chi connectivity index (χ2n) is 6.58. The van der Waals surface area contributed by atoms with Gasteiger partial charge in [-0.3, -0.25) is 4.99 Å². The molecular weight excluding hydrogens is 318 g/mol. The van der Waals surface area contributed by atoms with Crippen molar-refractivity contribution in [3.05, 3.63) is 29.3 Å². The summed E-state index contributed by atoms with van der Waals surface area (Å²) >= 11 is 0. The van der Waals surface area contributed by atoms with Gasteiger partial charge in [0.25, 0.3) is 0 Å². The molecule has 0 radical (unpaired) electrons. The summed E-state index contributed by atoms with van der Waals surface area (Å²) in [5.74, 6) is -0.0442. The molecule has 0 aliphatic carbocycles. The molecule has 3 N–H and O–H groups in total. The number of nitrogens with two attached hydrogens (primary N) is 1. The molecule has 3 rings (SSSR count). The summed E-state index contributed by atoms with van der Waals surface area (Å²) in [5, 5.41) is 3.29. The van der Waals surface area contributed by atoms with Crippen LogP contribution in [0.1, 0.15) is 37.8 Å². The number of ether oxygens (including phenoxy) is 3. The van der Waals surface area contributed by atoms with E-state index in [1.807, 2.05) is 0 Å². The van der Waals surface area contributed by atoms with Gasteiger partial charge in [0.2, 0.25) is 0 Å². The molecule has 2 heterocycles. The lowest BCUT2D eigenvalue weighted by Gasteiger charge is -2.31. The summed E-state index contributed by atoms with van der Waals surface area (Å²) in [6.45, 7) is 6.72. The van der Waals surface area contributed by atoms with Crippen LogP contribution in [0.4, 0.5) is 5.69 Å². The van der Waals surface area contributed by atoms with Crippen LogP contribution in [0.25, 0.3) is 0 Å². The highest BCUT2D eigenvalue weighted by Crippen LogP contribution is 2.33. The molecule has 2 aliphatic heterocycles. The van der Waals surface area contributed by atoms with Crippen molar-refractivity contribution in [2.45, 2.75) is 51.4 Å². The summed E-state index contributed by atoms with van der Waals surface area (Å²) in [4.78, 5) is 4.48. The highest BCUT2D eigenvalue weighted by Gasteiger charge is 2.42. The molecule has 25 heavy (non-hydrogen) atoms. The largest absolute Gasteiger partial charge is 0.381 e. The highest BCUT2D eigenvalue weighted by atomic mass is 16.7. The number of nitrogens with one attached hydrogen (secondary N) is 1. The summed E-state index contributed by atoms with van der Waals surface area (Å²) < 4.78 is 17.4. The molecule has 0 bridgehead atoms. The first-order chi connectivity index (χ1) is 12.2. The molecule has 138 valence electrons. The summed E-state index contributed by atoms with van der Waals surface area (Å²) in [7, 11) is 0. The van der Waals surface area contributed by atoms with E-state index < -0.39 is 5.79 Å². The zero-order valence-electron chi connectivity index (χ0n) is 15.2. The normalized spacial score (nSPS) is 23.1. The number of hydrogen-bond donors (Lipinski definition) is 2. The Balaban J connectivity index is 1.60. The van der Waals surface area contributed by atoms with Gasteiger partial charge in [-0.25, -0.2) is 0 Å². The Morgan fingerprint density at radius 2 is 1.92 bits per heavy atom. The predicted molar refractivity (Wildman–Crippen MR) is 98.9 cm³/mol. The van der Waals surface area contributed by atoms with E-state index in [1.54, 1.807) is 0 Å². The van der Waals surface area contributed by atoms with E-state index in [4.69, 9.17) is 19.9 Å². The third-order valence-corrected chi connectivity index (χ3v) is 4.89. The molecule has 2 fully saturated rings. The third kappa shape index (κ3) is 4.32. The van der Waals surface area contributed by atoms with Gasteiger partial charge >= 0.3 is 0 Å². The van der Waals surface area contributed by atoms with E-state index in [0.29, 0.717) is 32.3 Å². The molecule has 0 saturated carbocycles. The second kappa shape index (κ2) is 8.17. The Morgan fingerprint density at radius 1 is 1.24 bits per heavy atom. The van der Waals surface area contributed by atoms with Crippen LogP contribution in [0.5, 0.6) is 0 Å². The van der Waals surface area contributed by atoms with Crippen LogP contribution in [-0.4, -0.2) is 44.2 Å². The number of nitrogens with zero attached hydrogens (tertiary/aromatic N) is 1. The lowest BCUT2D eigenvalue weighted by Crippen LogP contribution is -2.38. The van der Waals surface area contributed by atoms with Crippen molar-refractivity contribution in [2.75, 3.05) is 31.7 Å². The van der Waals surface area contributed by atoms with Gasteiger partial charge in [-0.2, -0.15) is 0 Å². The first-order valence-corrected chi connectivity index (χ1v) is 9.23. The van der Waals surface area contributed by atoms with Crippen LogP contribution < -0.4 is 11.1 Å². The van der Waals surface area contributed by atoms with Crippen molar-refractivity contribution < 1.29 is 14.2 Å². The number of aryl methyl sites for hydroxylation is 2. The van der Waals surface area contributed by atoms with Crippen molar-refractivity contribution in [1.82, 2.24) is 0 Å². The van der Waals surface area contributed by atoms with Crippen LogP contribution in [0, 0.1) is 0 Å². The average molecular weight is 347 g/mol. The van der Waals surface area contributed by atoms with Crippen molar-refractivity contribution in [3.63, 3.8) is 0 Å². The van der Waals surface area contributed by atoms with Gasteiger partial charge < -0.3 is 25.3 Å². The van der Waals surface area contributed by atoms with Crippen LogP contribution in [0.15, 0.2) is 23.2 Å². The minimum absolute atomic E-state index is 0.0504. The molecule has 6 nitrogen and oxygen atoms in total. The fourth-order valence-electron chi connectivity index (χ4n) is 3.42. The number of guanidine groups is 1. The molecule has 1 unspecified atom stereocenters. The van der Waals surface area contributed by atoms with Gasteiger partial charge in [0.1, 0.15) is 6.10 Å². The average Bonchev–Trinajstić information content (AvgIpc) is 3.03. The van der Waals surface area contributed by atoms with Gasteiger partial charge in [-0.05, 0) is 24.0 Å². The highest BCUT2D eigenvalue weighted by molar-refractivity contribution is 5.93. The summed E-state index contributed by atoms with van der Waals surface area (Å²) in [6, 6.07) is 6.34. The fraction of sp³-hybridized carbons (Fsp3) is 0.632. The van der Waals surface area contributed by atoms with E-state index in [1.165, 1.54) is 11.1 Å². The maximum Gasteiger partial charge on any atom is 0.193 e. The lowest BCUT2D eigenvalue weighted by atomic mass is 10.0. The van der Waals surface area contributed by atoms with Crippen LogP contribution in [0.3, 0.4) is 0 Å². The first-order valence-electron chi connectivity index (χ1n) is 9.23. The first kappa shape index (κ1) is 18.2. The quantitative estimate of drug-likeness (QED) is 0.632. The molecule has 2 saturated heterocycles. The van der Waals surface area contributed by atoms with Crippen molar-refractivity contribution >= 4 is 11.6 Å². The fourth-order valence-corrected chi connectivity index (χ4v) is 3.42. The number of aliphatic imine (C=N–C) groups is 1. The molecule has 2 aliphatic rings. The standard InChI is InChI=1S/C19H29N3O3/c1-3-14-6-5-7-15(4-2)17(14)22-18(20)21-12-16-13-24-19(25-16)8-10-23-11-9-19/h5-7,16H,3-4,8-13H2,1-2H3,(H3,20,21,22). The Kier molecular flexibility index (Phi) is 5.93. The third-order valence-electron chi connectivity index (χ3n) is 4.89. The number of anilines is 1. The van der Waals surface area contributed by atoms with Crippen molar-refractivity contribution in [2.24, 2.45) is 10.7 Å². The number of hydrogen-bond acceptors (Lipinski definition) is 4. The molecule has 1 spiro atoms. The molecule has 0 amide bonds. The maximum atomic E-state index is 6.12. The zero-order chi connectivity index (χ0) is 17.7. The Bertz CT molecular complexity index is 590. The number of para-hydroxylation sites is 1. The van der Waals surface area contributed by atoms with Crippen molar-refractivity contribution in [1.29, 1.82) is 0 Å². The van der Waals surface area contributed by atoms with E-state index in [2.05, 4.69) is 42.4 Å². The smallest absolute Gasteiger partial charge is 0.193 e. The predicted octanol–water partition coefficient (Wildman–Crippen LogP) is 2.46. The number of rotatable bonds is 5. The van der Waals surface area contributed by atoms with E-state index >= 15 is 0 Å². The monoisotopic (exact) mass is 347 g/mol. The van der Waals surface area contributed by atoms with Crippen molar-refractivity contribution in [3.8, 4) is 0 Å². The zero-order valence-corrected chi connectivity index (χ0v) is 15.2. The van der Waals surface area contributed by atoms with Crippen LogP contribution in [0.2, 0.25) is 0 Å². The van der Waals surface area contributed by atoms with E-state index in [-0.39, 0.29) is 6.10 Å². The molecule has 6 heteroatoms. The SMILES string of the molecule is CCc1cccc(CC)c1NC(N)=NCC1COC2(CCOCC2)O1.